The molecule has 6 nitrogen and oxygen atoms in total. The summed E-state index contributed by atoms with van der Waals surface area (Å²) in [5.74, 6) is 1.78. The van der Waals surface area contributed by atoms with Crippen molar-refractivity contribution >= 4 is 23.4 Å². The van der Waals surface area contributed by atoms with E-state index in [2.05, 4.69) is 39.9 Å². The number of carbonyl (C=O) groups is 1. The summed E-state index contributed by atoms with van der Waals surface area (Å²) in [6.07, 6.45) is 4.61. The molecule has 2 N–H and O–H groups in total. The van der Waals surface area contributed by atoms with Crippen molar-refractivity contribution in [2.45, 2.75) is 43.2 Å². The van der Waals surface area contributed by atoms with Crippen molar-refractivity contribution in [3.63, 3.8) is 0 Å². The third-order valence-corrected chi connectivity index (χ3v) is 5.92. The normalized spacial score (nSPS) is 17.3. The van der Waals surface area contributed by atoms with Gasteiger partial charge in [0.15, 0.2) is 11.5 Å². The van der Waals surface area contributed by atoms with Gasteiger partial charge in [-0.1, -0.05) is 37.6 Å². The van der Waals surface area contributed by atoms with Gasteiger partial charge >= 0.3 is 6.03 Å². The SMILES string of the molecule is CCCC(NC(=O)NC1CCSc2ccccc21)c1nnc2ccccn12. The predicted octanol–water partition coefficient (Wildman–Crippen LogP) is 4.11. The van der Waals surface area contributed by atoms with Crippen LogP contribution in [0.4, 0.5) is 4.79 Å². The summed E-state index contributed by atoms with van der Waals surface area (Å²) in [5, 5.41) is 14.8. The summed E-state index contributed by atoms with van der Waals surface area (Å²) < 4.78 is 1.94. The molecular weight excluding hydrogens is 358 g/mol. The van der Waals surface area contributed by atoms with E-state index >= 15 is 0 Å². The number of thioether (sulfide) groups is 1. The maximum Gasteiger partial charge on any atom is 0.315 e. The van der Waals surface area contributed by atoms with E-state index in [0.29, 0.717) is 0 Å². The maximum atomic E-state index is 12.8. The molecule has 4 rings (SSSR count). The Labute approximate surface area is 162 Å². The zero-order valence-corrected chi connectivity index (χ0v) is 16.1. The standard InChI is InChI=1S/C20H23N5OS/c1-2-7-16(19-24-23-18-10-5-6-12-25(18)19)22-20(26)21-15-11-13-27-17-9-4-3-8-14(15)17/h3-6,8-10,12,15-16H,2,7,11,13H2,1H3,(H2,21,22,26). The fraction of sp³-hybridized carbons (Fsp3) is 0.350. The molecular formula is C20H23N5OS. The van der Waals surface area contributed by atoms with Crippen LogP contribution >= 0.6 is 11.8 Å². The number of nitrogens with zero attached hydrogens (tertiary/aromatic N) is 3. The molecule has 0 bridgehead atoms. The maximum absolute atomic E-state index is 12.8. The van der Waals surface area contributed by atoms with E-state index in [9.17, 15) is 4.79 Å². The lowest BCUT2D eigenvalue weighted by Gasteiger charge is -2.27. The highest BCUT2D eigenvalue weighted by atomic mass is 32.2. The number of fused-ring (bicyclic) bond motifs is 2. The number of pyridine rings is 1. The third-order valence-electron chi connectivity index (χ3n) is 4.80. The van der Waals surface area contributed by atoms with Crippen LogP contribution in [0.5, 0.6) is 0 Å². The zero-order chi connectivity index (χ0) is 18.6. The molecule has 0 fully saturated rings. The van der Waals surface area contributed by atoms with Gasteiger partial charge in [0, 0.05) is 16.8 Å². The van der Waals surface area contributed by atoms with Crippen LogP contribution in [0.1, 0.15) is 49.7 Å². The van der Waals surface area contributed by atoms with Gasteiger partial charge in [-0.2, -0.15) is 0 Å². The topological polar surface area (TPSA) is 71.3 Å². The van der Waals surface area contributed by atoms with E-state index in [1.165, 1.54) is 10.5 Å². The minimum absolute atomic E-state index is 0.0415. The van der Waals surface area contributed by atoms with Crippen molar-refractivity contribution in [2.24, 2.45) is 0 Å². The number of hydrogen-bond donors (Lipinski definition) is 2. The molecule has 1 aliphatic heterocycles. The number of rotatable bonds is 5. The zero-order valence-electron chi connectivity index (χ0n) is 15.3. The predicted molar refractivity (Wildman–Crippen MR) is 107 cm³/mol. The first-order valence-corrected chi connectivity index (χ1v) is 10.3. The average Bonchev–Trinajstić information content (AvgIpc) is 3.12. The van der Waals surface area contributed by atoms with Crippen molar-refractivity contribution in [2.75, 3.05) is 5.75 Å². The number of benzene rings is 1. The quantitative estimate of drug-likeness (QED) is 0.698. The van der Waals surface area contributed by atoms with E-state index in [-0.39, 0.29) is 18.1 Å². The van der Waals surface area contributed by atoms with Crippen molar-refractivity contribution in [3.8, 4) is 0 Å². The van der Waals surface area contributed by atoms with E-state index < -0.39 is 0 Å². The molecule has 3 heterocycles. The van der Waals surface area contributed by atoms with Crippen LogP contribution < -0.4 is 10.6 Å². The summed E-state index contributed by atoms with van der Waals surface area (Å²) in [4.78, 5) is 14.0. The molecule has 140 valence electrons. The van der Waals surface area contributed by atoms with Crippen LogP contribution in [0, 0.1) is 0 Å². The molecule has 2 atom stereocenters. The molecule has 7 heteroatoms. The van der Waals surface area contributed by atoms with Gasteiger partial charge < -0.3 is 10.6 Å². The van der Waals surface area contributed by atoms with Gasteiger partial charge in [-0.3, -0.25) is 4.40 Å². The van der Waals surface area contributed by atoms with Gasteiger partial charge in [-0.05, 0) is 36.6 Å². The summed E-state index contributed by atoms with van der Waals surface area (Å²) in [6, 6.07) is 13.8. The summed E-state index contributed by atoms with van der Waals surface area (Å²) in [5.41, 5.74) is 1.98. The Bertz CT molecular complexity index is 941. The van der Waals surface area contributed by atoms with Crippen LogP contribution in [-0.2, 0) is 0 Å². The Kier molecular flexibility index (Phi) is 5.29. The Morgan fingerprint density at radius 1 is 1.26 bits per heavy atom. The second-order valence-corrected chi connectivity index (χ2v) is 7.81. The van der Waals surface area contributed by atoms with Gasteiger partial charge in [0.25, 0.3) is 0 Å². The highest BCUT2D eigenvalue weighted by molar-refractivity contribution is 7.99. The summed E-state index contributed by atoms with van der Waals surface area (Å²) in [7, 11) is 0. The lowest BCUT2D eigenvalue weighted by atomic mass is 10.0. The fourth-order valence-corrected chi connectivity index (χ4v) is 4.63. The van der Waals surface area contributed by atoms with Crippen LogP contribution in [0.3, 0.4) is 0 Å². The highest BCUT2D eigenvalue weighted by Gasteiger charge is 2.24. The molecule has 0 aliphatic carbocycles. The number of amides is 2. The molecule has 1 aromatic carbocycles. The molecule has 3 aromatic rings. The number of carbonyl (C=O) groups excluding carboxylic acids is 1. The van der Waals surface area contributed by atoms with Crippen molar-refractivity contribution in [1.29, 1.82) is 0 Å². The number of urea groups is 1. The Hall–Kier alpha value is -2.54. The van der Waals surface area contributed by atoms with E-state index in [4.69, 9.17) is 0 Å². The van der Waals surface area contributed by atoms with Crippen molar-refractivity contribution in [3.05, 3.63) is 60.0 Å². The Balaban J connectivity index is 1.50. The molecule has 2 amide bonds. The largest absolute Gasteiger partial charge is 0.331 e. The lowest BCUT2D eigenvalue weighted by Crippen LogP contribution is -2.41. The molecule has 0 saturated carbocycles. The van der Waals surface area contributed by atoms with Crippen molar-refractivity contribution < 1.29 is 4.79 Å². The van der Waals surface area contributed by atoms with Gasteiger partial charge in [-0.25, -0.2) is 4.79 Å². The molecule has 0 spiro atoms. The van der Waals surface area contributed by atoms with Gasteiger partial charge in [0.1, 0.15) is 0 Å². The van der Waals surface area contributed by atoms with Crippen LogP contribution in [0.15, 0.2) is 53.6 Å². The lowest BCUT2D eigenvalue weighted by molar-refractivity contribution is 0.231. The van der Waals surface area contributed by atoms with Crippen LogP contribution in [-0.4, -0.2) is 26.4 Å². The number of aromatic nitrogens is 3. The molecule has 0 radical (unpaired) electrons. The monoisotopic (exact) mass is 381 g/mol. The highest BCUT2D eigenvalue weighted by Crippen LogP contribution is 2.35. The van der Waals surface area contributed by atoms with Crippen LogP contribution in [0.25, 0.3) is 5.65 Å². The summed E-state index contributed by atoms with van der Waals surface area (Å²) >= 11 is 1.85. The van der Waals surface area contributed by atoms with E-state index in [1.54, 1.807) is 0 Å². The smallest absolute Gasteiger partial charge is 0.315 e. The second kappa shape index (κ2) is 8.00. The Morgan fingerprint density at radius 3 is 3.00 bits per heavy atom. The van der Waals surface area contributed by atoms with Crippen molar-refractivity contribution in [1.82, 2.24) is 25.2 Å². The molecule has 0 saturated heterocycles. The molecule has 27 heavy (non-hydrogen) atoms. The van der Waals surface area contributed by atoms with E-state index in [0.717, 1.165) is 36.5 Å². The number of hydrogen-bond acceptors (Lipinski definition) is 4. The first-order chi connectivity index (χ1) is 13.3. The van der Waals surface area contributed by atoms with Gasteiger partial charge in [0.05, 0.1) is 12.1 Å². The Morgan fingerprint density at radius 2 is 2.11 bits per heavy atom. The minimum Gasteiger partial charge on any atom is -0.331 e. The second-order valence-electron chi connectivity index (χ2n) is 6.67. The van der Waals surface area contributed by atoms with Gasteiger partial charge in [-0.15, -0.1) is 22.0 Å². The third kappa shape index (κ3) is 3.78. The minimum atomic E-state index is -0.180. The van der Waals surface area contributed by atoms with Gasteiger partial charge in [0.2, 0.25) is 0 Å². The van der Waals surface area contributed by atoms with E-state index in [1.807, 2.05) is 52.7 Å². The molecule has 2 aromatic heterocycles. The first-order valence-electron chi connectivity index (χ1n) is 9.34. The molecule has 2 unspecified atom stereocenters. The average molecular weight is 382 g/mol. The summed E-state index contributed by atoms with van der Waals surface area (Å²) in [6.45, 7) is 2.10. The fourth-order valence-electron chi connectivity index (χ4n) is 3.50. The number of nitrogens with one attached hydrogen (secondary N) is 2. The van der Waals surface area contributed by atoms with Crippen LogP contribution in [0.2, 0.25) is 0 Å². The molecule has 1 aliphatic rings. The first kappa shape index (κ1) is 17.9.